The van der Waals surface area contributed by atoms with Gasteiger partial charge in [-0.25, -0.2) is 4.98 Å². The van der Waals surface area contributed by atoms with E-state index in [-0.39, 0.29) is 5.91 Å². The minimum absolute atomic E-state index is 0.0993. The second-order valence-electron chi connectivity index (χ2n) is 6.82. The first-order valence-electron chi connectivity index (χ1n) is 9.27. The number of carbonyl (C=O) groups excluding carboxylic acids is 1. The molecular weight excluding hydrogens is 398 g/mol. The monoisotopic (exact) mass is 419 g/mol. The Morgan fingerprint density at radius 3 is 2.79 bits per heavy atom. The first-order chi connectivity index (χ1) is 13.5. The zero-order valence-electron chi connectivity index (χ0n) is 15.9. The molecule has 28 heavy (non-hydrogen) atoms. The predicted molar refractivity (Wildman–Crippen MR) is 112 cm³/mol. The highest BCUT2D eigenvalue weighted by Crippen LogP contribution is 2.33. The fraction of sp³-hybridized carbons (Fsp3) is 0.400. The zero-order valence-corrected chi connectivity index (χ0v) is 17.5. The van der Waals surface area contributed by atoms with E-state index >= 15 is 0 Å². The Labute approximate surface area is 172 Å². The maximum Gasteiger partial charge on any atom is 0.263 e. The smallest absolute Gasteiger partial charge is 0.263 e. The molecular formula is C20H22ClN3O3S. The van der Waals surface area contributed by atoms with E-state index in [9.17, 15) is 4.79 Å². The van der Waals surface area contributed by atoms with Crippen molar-refractivity contribution >= 4 is 44.2 Å². The van der Waals surface area contributed by atoms with Crippen LogP contribution < -0.4 is 4.90 Å². The summed E-state index contributed by atoms with van der Waals surface area (Å²) in [6.45, 7) is 8.16. The van der Waals surface area contributed by atoms with Crippen LogP contribution in [0.3, 0.4) is 0 Å². The average Bonchev–Trinajstić information content (AvgIpc) is 3.26. The van der Waals surface area contributed by atoms with Crippen LogP contribution in [0, 0.1) is 13.8 Å². The second kappa shape index (κ2) is 8.21. The molecule has 6 nitrogen and oxygen atoms in total. The van der Waals surface area contributed by atoms with Gasteiger partial charge in [0.15, 0.2) is 5.13 Å². The van der Waals surface area contributed by atoms with Gasteiger partial charge in [0.25, 0.3) is 5.91 Å². The number of morpholine rings is 1. The molecule has 1 amide bonds. The molecule has 3 heterocycles. The molecule has 2 aromatic heterocycles. The summed E-state index contributed by atoms with van der Waals surface area (Å²) in [4.78, 5) is 22.1. The van der Waals surface area contributed by atoms with E-state index in [1.165, 1.54) is 11.3 Å². The van der Waals surface area contributed by atoms with Crippen molar-refractivity contribution in [1.82, 2.24) is 9.88 Å². The first-order valence-corrected chi connectivity index (χ1v) is 10.5. The van der Waals surface area contributed by atoms with Crippen LogP contribution in [0.1, 0.15) is 21.9 Å². The maximum atomic E-state index is 13.4. The fourth-order valence-electron chi connectivity index (χ4n) is 3.36. The van der Waals surface area contributed by atoms with Crippen LogP contribution in [0.25, 0.3) is 10.2 Å². The third kappa shape index (κ3) is 3.93. The number of furan rings is 1. The van der Waals surface area contributed by atoms with Crippen molar-refractivity contribution in [2.75, 3.05) is 44.3 Å². The number of aryl methyl sites for hydroxylation is 2. The second-order valence-corrected chi connectivity index (χ2v) is 8.24. The van der Waals surface area contributed by atoms with Crippen molar-refractivity contribution in [2.45, 2.75) is 13.8 Å². The Morgan fingerprint density at radius 2 is 2.11 bits per heavy atom. The molecule has 1 saturated heterocycles. The fourth-order valence-corrected chi connectivity index (χ4v) is 4.65. The number of ether oxygens (including phenoxy) is 1. The SMILES string of the molecule is Cc1cc(C(=O)N(CCN2CCOCC2)c2nc3c(Cl)cccc3s2)c(C)o1. The summed E-state index contributed by atoms with van der Waals surface area (Å²) in [5, 5.41) is 1.25. The third-order valence-corrected chi connectivity index (χ3v) is 6.20. The average molecular weight is 420 g/mol. The number of hydrogen-bond donors (Lipinski definition) is 0. The Kier molecular flexibility index (Phi) is 5.68. The molecule has 1 aliphatic heterocycles. The summed E-state index contributed by atoms with van der Waals surface area (Å²) in [6.07, 6.45) is 0. The highest BCUT2D eigenvalue weighted by Gasteiger charge is 2.26. The summed E-state index contributed by atoms with van der Waals surface area (Å²) in [6, 6.07) is 7.48. The number of benzene rings is 1. The summed E-state index contributed by atoms with van der Waals surface area (Å²) in [7, 11) is 0. The molecule has 1 aromatic carbocycles. The van der Waals surface area contributed by atoms with Gasteiger partial charge in [-0.1, -0.05) is 29.0 Å². The van der Waals surface area contributed by atoms with Crippen molar-refractivity contribution in [3.05, 3.63) is 46.4 Å². The molecule has 0 radical (unpaired) electrons. The molecule has 0 N–H and O–H groups in total. The molecule has 0 bridgehead atoms. The van der Waals surface area contributed by atoms with Gasteiger partial charge in [-0.2, -0.15) is 0 Å². The number of anilines is 1. The zero-order chi connectivity index (χ0) is 19.7. The molecule has 8 heteroatoms. The Hall–Kier alpha value is -1.93. The van der Waals surface area contributed by atoms with Crippen LogP contribution in [0.4, 0.5) is 5.13 Å². The van der Waals surface area contributed by atoms with Crippen LogP contribution in [0.5, 0.6) is 0 Å². The Balaban J connectivity index is 1.66. The van der Waals surface area contributed by atoms with E-state index in [0.29, 0.717) is 28.0 Å². The normalized spacial score (nSPS) is 15.2. The highest BCUT2D eigenvalue weighted by atomic mass is 35.5. The quantitative estimate of drug-likeness (QED) is 0.622. The number of halogens is 1. The largest absolute Gasteiger partial charge is 0.466 e. The lowest BCUT2D eigenvalue weighted by Gasteiger charge is -2.29. The predicted octanol–water partition coefficient (Wildman–Crippen LogP) is 4.14. The van der Waals surface area contributed by atoms with Crippen molar-refractivity contribution < 1.29 is 13.9 Å². The van der Waals surface area contributed by atoms with Crippen molar-refractivity contribution in [3.8, 4) is 0 Å². The standard InChI is InChI=1S/C20H22ClN3O3S/c1-13-12-15(14(2)27-13)19(25)24(7-6-23-8-10-26-11-9-23)20-22-18-16(21)4-3-5-17(18)28-20/h3-5,12H,6-11H2,1-2H3. The van der Waals surface area contributed by atoms with E-state index in [0.717, 1.165) is 48.8 Å². The van der Waals surface area contributed by atoms with Crippen molar-refractivity contribution in [1.29, 1.82) is 0 Å². The number of rotatable bonds is 5. The van der Waals surface area contributed by atoms with Crippen molar-refractivity contribution in [3.63, 3.8) is 0 Å². The van der Waals surface area contributed by atoms with Gasteiger partial charge >= 0.3 is 0 Å². The molecule has 0 spiro atoms. The van der Waals surface area contributed by atoms with E-state index in [1.807, 2.05) is 32.0 Å². The summed E-state index contributed by atoms with van der Waals surface area (Å²) < 4.78 is 12.0. The van der Waals surface area contributed by atoms with E-state index < -0.39 is 0 Å². The number of hydrogen-bond acceptors (Lipinski definition) is 6. The van der Waals surface area contributed by atoms with Gasteiger partial charge in [0.2, 0.25) is 0 Å². The molecule has 0 unspecified atom stereocenters. The minimum Gasteiger partial charge on any atom is -0.466 e. The topological polar surface area (TPSA) is 58.8 Å². The van der Waals surface area contributed by atoms with Gasteiger partial charge in [-0.3, -0.25) is 14.6 Å². The Morgan fingerprint density at radius 1 is 1.32 bits per heavy atom. The summed E-state index contributed by atoms with van der Waals surface area (Å²) >= 11 is 7.78. The van der Waals surface area contributed by atoms with Crippen LogP contribution in [-0.2, 0) is 4.74 Å². The lowest BCUT2D eigenvalue weighted by atomic mass is 10.2. The lowest BCUT2D eigenvalue weighted by molar-refractivity contribution is 0.0391. The number of carbonyl (C=O) groups is 1. The van der Waals surface area contributed by atoms with Crippen LogP contribution >= 0.6 is 22.9 Å². The van der Waals surface area contributed by atoms with Gasteiger partial charge < -0.3 is 9.15 Å². The molecule has 3 aromatic rings. The van der Waals surface area contributed by atoms with E-state index in [2.05, 4.69) is 9.88 Å². The number of fused-ring (bicyclic) bond motifs is 1. The van der Waals surface area contributed by atoms with Crippen LogP contribution in [0.2, 0.25) is 5.02 Å². The van der Waals surface area contributed by atoms with Crippen LogP contribution in [-0.4, -0.2) is 55.2 Å². The molecule has 4 rings (SSSR count). The maximum absolute atomic E-state index is 13.4. The minimum atomic E-state index is -0.0993. The van der Waals surface area contributed by atoms with Crippen LogP contribution in [0.15, 0.2) is 28.7 Å². The van der Waals surface area contributed by atoms with Gasteiger partial charge in [-0.15, -0.1) is 0 Å². The molecule has 0 saturated carbocycles. The van der Waals surface area contributed by atoms with Crippen molar-refractivity contribution in [2.24, 2.45) is 0 Å². The van der Waals surface area contributed by atoms with Gasteiger partial charge in [-0.05, 0) is 32.0 Å². The molecule has 0 atom stereocenters. The molecule has 1 aliphatic rings. The number of amides is 1. The van der Waals surface area contributed by atoms with Gasteiger partial charge in [0, 0.05) is 26.2 Å². The first kappa shape index (κ1) is 19.4. The summed E-state index contributed by atoms with van der Waals surface area (Å²) in [5.74, 6) is 1.25. The lowest BCUT2D eigenvalue weighted by Crippen LogP contribution is -2.43. The highest BCUT2D eigenvalue weighted by molar-refractivity contribution is 7.22. The van der Waals surface area contributed by atoms with E-state index in [4.69, 9.17) is 20.8 Å². The van der Waals surface area contributed by atoms with Gasteiger partial charge in [0.1, 0.15) is 17.0 Å². The molecule has 1 fully saturated rings. The summed E-state index contributed by atoms with van der Waals surface area (Å²) in [5.41, 5.74) is 1.30. The Bertz CT molecular complexity index is 994. The number of para-hydroxylation sites is 1. The van der Waals surface area contributed by atoms with E-state index in [1.54, 1.807) is 11.0 Å². The third-order valence-electron chi connectivity index (χ3n) is 4.85. The number of nitrogens with zero attached hydrogens (tertiary/aromatic N) is 3. The number of thiazole rings is 1. The van der Waals surface area contributed by atoms with Gasteiger partial charge in [0.05, 0.1) is 28.5 Å². The molecule has 148 valence electrons. The number of aromatic nitrogens is 1. The molecule has 0 aliphatic carbocycles.